The molecule has 0 aliphatic heterocycles. The third kappa shape index (κ3) is 4.20. The van der Waals surface area contributed by atoms with Gasteiger partial charge in [0.1, 0.15) is 10.0 Å². The van der Waals surface area contributed by atoms with Gasteiger partial charge in [-0.25, -0.2) is 18.1 Å². The fourth-order valence-corrected chi connectivity index (χ4v) is 2.51. The van der Waals surface area contributed by atoms with Crippen LogP contribution in [0.2, 0.25) is 5.15 Å². The van der Waals surface area contributed by atoms with Crippen LogP contribution in [0.4, 0.5) is 0 Å². The molecule has 0 spiro atoms. The topological polar surface area (TPSA) is 79.3 Å². The Morgan fingerprint density at radius 3 is 2.78 bits per heavy atom. The van der Waals surface area contributed by atoms with E-state index in [0.717, 1.165) is 0 Å². The van der Waals surface area contributed by atoms with Crippen LogP contribution in [0.15, 0.2) is 17.2 Å². The van der Waals surface area contributed by atoms with Gasteiger partial charge in [0.25, 0.3) is 0 Å². The number of aromatic nitrogens is 1. The van der Waals surface area contributed by atoms with E-state index in [2.05, 4.69) is 9.71 Å². The lowest BCUT2D eigenvalue weighted by atomic mass is 10.2. The summed E-state index contributed by atoms with van der Waals surface area (Å²) in [7, 11) is -3.59. The molecule has 2 N–H and O–H groups in total. The summed E-state index contributed by atoms with van der Waals surface area (Å²) in [4.78, 5) is 3.88. The maximum atomic E-state index is 11.9. The minimum Gasteiger partial charge on any atom is -0.393 e. The van der Waals surface area contributed by atoms with Crippen LogP contribution >= 0.6 is 11.6 Å². The Morgan fingerprint density at radius 2 is 2.22 bits per heavy atom. The Bertz CT molecular complexity index is 505. The summed E-state index contributed by atoms with van der Waals surface area (Å²) in [6.45, 7) is 3.72. The SMILES string of the molecule is CCC(O)CCNS(=O)(=O)c1cnc(Cl)c(C)c1. The van der Waals surface area contributed by atoms with Crippen LogP contribution in [0.1, 0.15) is 25.3 Å². The van der Waals surface area contributed by atoms with Crippen molar-refractivity contribution in [2.45, 2.75) is 37.7 Å². The molecule has 1 aromatic heterocycles. The molecule has 0 aliphatic carbocycles. The van der Waals surface area contributed by atoms with Gasteiger partial charge in [0, 0.05) is 12.7 Å². The van der Waals surface area contributed by atoms with E-state index >= 15 is 0 Å². The van der Waals surface area contributed by atoms with E-state index in [1.165, 1.54) is 12.3 Å². The number of pyridine rings is 1. The first-order valence-electron chi connectivity index (χ1n) is 5.66. The summed E-state index contributed by atoms with van der Waals surface area (Å²) in [6, 6.07) is 1.47. The number of aryl methyl sites for hydroxylation is 1. The molecule has 0 saturated heterocycles. The first-order valence-corrected chi connectivity index (χ1v) is 7.52. The molecule has 0 aliphatic rings. The largest absolute Gasteiger partial charge is 0.393 e. The Kier molecular flexibility index (Phi) is 5.52. The van der Waals surface area contributed by atoms with Gasteiger partial charge in [-0.15, -0.1) is 0 Å². The minimum atomic E-state index is -3.59. The lowest BCUT2D eigenvalue weighted by Gasteiger charge is -2.10. The molecule has 0 saturated carbocycles. The Hall–Kier alpha value is -0.690. The Labute approximate surface area is 112 Å². The normalized spacial score (nSPS) is 13.6. The van der Waals surface area contributed by atoms with Crippen molar-refractivity contribution in [3.8, 4) is 0 Å². The smallest absolute Gasteiger partial charge is 0.242 e. The minimum absolute atomic E-state index is 0.0791. The van der Waals surface area contributed by atoms with Crippen molar-refractivity contribution in [2.24, 2.45) is 0 Å². The predicted molar refractivity (Wildman–Crippen MR) is 70.1 cm³/mol. The number of hydrogen-bond acceptors (Lipinski definition) is 4. The molecule has 0 bridgehead atoms. The highest BCUT2D eigenvalue weighted by Gasteiger charge is 2.15. The Morgan fingerprint density at radius 1 is 1.56 bits per heavy atom. The number of nitrogens with zero attached hydrogens (tertiary/aromatic N) is 1. The Balaban J connectivity index is 2.71. The van der Waals surface area contributed by atoms with E-state index in [-0.39, 0.29) is 16.6 Å². The molecule has 1 atom stereocenters. The van der Waals surface area contributed by atoms with Crippen molar-refractivity contribution in [1.29, 1.82) is 0 Å². The van der Waals surface area contributed by atoms with Gasteiger partial charge in [-0.2, -0.15) is 0 Å². The lowest BCUT2D eigenvalue weighted by molar-refractivity contribution is 0.162. The molecule has 102 valence electrons. The maximum Gasteiger partial charge on any atom is 0.242 e. The number of aliphatic hydroxyl groups excluding tert-OH is 1. The molecule has 1 unspecified atom stereocenters. The second-order valence-corrected chi connectivity index (χ2v) is 6.15. The number of sulfonamides is 1. The van der Waals surface area contributed by atoms with Crippen LogP contribution in [0.25, 0.3) is 0 Å². The molecule has 1 rings (SSSR count). The zero-order chi connectivity index (χ0) is 13.8. The summed E-state index contributed by atoms with van der Waals surface area (Å²) >= 11 is 5.74. The van der Waals surface area contributed by atoms with Crippen LogP contribution in [0.3, 0.4) is 0 Å². The predicted octanol–water partition coefficient (Wildman–Crippen LogP) is 1.48. The average molecular weight is 293 g/mol. The van der Waals surface area contributed by atoms with E-state index in [4.69, 9.17) is 11.6 Å². The summed E-state index contributed by atoms with van der Waals surface area (Å²) in [5.41, 5.74) is 0.605. The zero-order valence-electron chi connectivity index (χ0n) is 10.4. The van der Waals surface area contributed by atoms with Crippen LogP contribution in [-0.2, 0) is 10.0 Å². The number of aliphatic hydroxyl groups is 1. The first kappa shape index (κ1) is 15.4. The molecule has 1 aromatic rings. The number of rotatable bonds is 6. The average Bonchev–Trinajstić information content (AvgIpc) is 2.32. The van der Waals surface area contributed by atoms with Crippen molar-refractivity contribution >= 4 is 21.6 Å². The van der Waals surface area contributed by atoms with E-state index in [0.29, 0.717) is 18.4 Å². The fraction of sp³-hybridized carbons (Fsp3) is 0.545. The molecule has 7 heteroatoms. The number of halogens is 1. The number of hydrogen-bond donors (Lipinski definition) is 2. The van der Waals surface area contributed by atoms with E-state index in [1.807, 2.05) is 6.92 Å². The monoisotopic (exact) mass is 292 g/mol. The fourth-order valence-electron chi connectivity index (χ4n) is 1.33. The molecule has 0 amide bonds. The van der Waals surface area contributed by atoms with Crippen molar-refractivity contribution in [3.05, 3.63) is 23.0 Å². The molecule has 5 nitrogen and oxygen atoms in total. The van der Waals surface area contributed by atoms with Gasteiger partial charge in [-0.3, -0.25) is 0 Å². The molecule has 0 aromatic carbocycles. The quantitative estimate of drug-likeness (QED) is 0.779. The van der Waals surface area contributed by atoms with Crippen molar-refractivity contribution in [2.75, 3.05) is 6.54 Å². The van der Waals surface area contributed by atoms with Crippen LogP contribution in [-0.4, -0.2) is 31.2 Å². The second-order valence-electron chi connectivity index (χ2n) is 4.03. The second kappa shape index (κ2) is 6.47. The summed E-state index contributed by atoms with van der Waals surface area (Å²) < 4.78 is 26.2. The highest BCUT2D eigenvalue weighted by molar-refractivity contribution is 7.89. The third-order valence-corrected chi connectivity index (χ3v) is 4.36. The summed E-state index contributed by atoms with van der Waals surface area (Å²) in [5, 5.41) is 9.63. The molecule has 0 radical (unpaired) electrons. The third-order valence-electron chi connectivity index (χ3n) is 2.54. The van der Waals surface area contributed by atoms with Crippen molar-refractivity contribution in [3.63, 3.8) is 0 Å². The van der Waals surface area contributed by atoms with Gasteiger partial charge in [-0.05, 0) is 31.4 Å². The van der Waals surface area contributed by atoms with Gasteiger partial charge in [0.15, 0.2) is 0 Å². The molecular weight excluding hydrogens is 276 g/mol. The van der Waals surface area contributed by atoms with Gasteiger partial charge in [0.05, 0.1) is 6.10 Å². The first-order chi connectivity index (χ1) is 8.36. The van der Waals surface area contributed by atoms with E-state index in [1.54, 1.807) is 6.92 Å². The molecule has 1 heterocycles. The highest BCUT2D eigenvalue weighted by Crippen LogP contribution is 2.16. The van der Waals surface area contributed by atoms with Crippen LogP contribution in [0, 0.1) is 6.92 Å². The zero-order valence-corrected chi connectivity index (χ0v) is 11.9. The highest BCUT2D eigenvalue weighted by atomic mass is 35.5. The van der Waals surface area contributed by atoms with E-state index in [9.17, 15) is 13.5 Å². The van der Waals surface area contributed by atoms with Crippen LogP contribution in [0.5, 0.6) is 0 Å². The van der Waals surface area contributed by atoms with Gasteiger partial charge < -0.3 is 5.11 Å². The summed E-state index contributed by atoms with van der Waals surface area (Å²) in [6.07, 6.45) is 1.71. The van der Waals surface area contributed by atoms with Crippen molar-refractivity contribution < 1.29 is 13.5 Å². The van der Waals surface area contributed by atoms with Gasteiger partial charge in [-0.1, -0.05) is 18.5 Å². The summed E-state index contributed by atoms with van der Waals surface area (Å²) in [5.74, 6) is 0. The molecule has 0 fully saturated rings. The molecule has 18 heavy (non-hydrogen) atoms. The van der Waals surface area contributed by atoms with Gasteiger partial charge >= 0.3 is 0 Å². The molecular formula is C11H17ClN2O3S. The van der Waals surface area contributed by atoms with Crippen molar-refractivity contribution in [1.82, 2.24) is 9.71 Å². The maximum absolute atomic E-state index is 11.9. The standard InChI is InChI=1S/C11H17ClN2O3S/c1-3-9(15)4-5-14-18(16,17)10-6-8(2)11(12)13-7-10/h6-7,9,14-15H,3-5H2,1-2H3. The lowest BCUT2D eigenvalue weighted by Crippen LogP contribution is -2.27. The van der Waals surface area contributed by atoms with E-state index < -0.39 is 16.1 Å². The van der Waals surface area contributed by atoms with Crippen LogP contribution < -0.4 is 4.72 Å². The van der Waals surface area contributed by atoms with Gasteiger partial charge in [0.2, 0.25) is 10.0 Å². The number of nitrogens with one attached hydrogen (secondary N) is 1.